The molecular formula is C13H17ClN4O2. The van der Waals surface area contributed by atoms with Gasteiger partial charge in [-0.15, -0.1) is 5.10 Å². The van der Waals surface area contributed by atoms with E-state index in [4.69, 9.17) is 27.9 Å². The molecule has 0 saturated carbocycles. The van der Waals surface area contributed by atoms with Crippen LogP contribution in [0, 0.1) is 0 Å². The zero-order chi connectivity index (χ0) is 15.1. The number of carbonyl (C=O) groups excluding carboxylic acids is 1. The molecule has 1 rings (SSSR count). The van der Waals surface area contributed by atoms with Gasteiger partial charge in [-0.25, -0.2) is 15.8 Å². The second-order valence-electron chi connectivity index (χ2n) is 3.92. The Balaban J connectivity index is 2.69. The Morgan fingerprint density at radius 1 is 1.55 bits per heavy atom. The Morgan fingerprint density at radius 2 is 2.25 bits per heavy atom. The highest BCUT2D eigenvalue weighted by Crippen LogP contribution is 2.10. The Labute approximate surface area is 122 Å². The van der Waals surface area contributed by atoms with Crippen LogP contribution in [0.5, 0.6) is 0 Å². The van der Waals surface area contributed by atoms with Gasteiger partial charge < -0.3 is 10.5 Å². The molecular weight excluding hydrogens is 280 g/mol. The molecule has 6 nitrogen and oxygen atoms in total. The maximum absolute atomic E-state index is 11.4. The second-order valence-corrected chi connectivity index (χ2v) is 4.35. The minimum Gasteiger partial charge on any atom is -0.463 e. The van der Waals surface area contributed by atoms with Gasteiger partial charge in [-0.2, -0.15) is 0 Å². The van der Waals surface area contributed by atoms with Crippen LogP contribution in [-0.4, -0.2) is 30.1 Å². The fourth-order valence-electron chi connectivity index (χ4n) is 1.37. The van der Waals surface area contributed by atoms with E-state index in [-0.39, 0.29) is 24.6 Å². The number of hydrogen-bond acceptors (Lipinski definition) is 5. The monoisotopic (exact) mass is 296 g/mol. The van der Waals surface area contributed by atoms with Gasteiger partial charge in [-0.1, -0.05) is 30.3 Å². The van der Waals surface area contributed by atoms with E-state index in [1.807, 2.05) is 0 Å². The van der Waals surface area contributed by atoms with Crippen molar-refractivity contribution in [3.8, 4) is 0 Å². The first-order chi connectivity index (χ1) is 9.43. The molecule has 20 heavy (non-hydrogen) atoms. The van der Waals surface area contributed by atoms with Crippen LogP contribution in [0.1, 0.15) is 12.5 Å². The largest absolute Gasteiger partial charge is 0.463 e. The van der Waals surface area contributed by atoms with Crippen LogP contribution in [0.15, 0.2) is 41.5 Å². The third-order valence-corrected chi connectivity index (χ3v) is 2.51. The van der Waals surface area contributed by atoms with Crippen molar-refractivity contribution in [2.45, 2.75) is 6.92 Å². The van der Waals surface area contributed by atoms with Crippen LogP contribution in [0.4, 0.5) is 0 Å². The van der Waals surface area contributed by atoms with Crippen molar-refractivity contribution in [1.29, 1.82) is 0 Å². The van der Waals surface area contributed by atoms with Crippen LogP contribution in [0.3, 0.4) is 0 Å². The predicted molar refractivity (Wildman–Crippen MR) is 78.8 cm³/mol. The van der Waals surface area contributed by atoms with Crippen molar-refractivity contribution in [3.63, 3.8) is 0 Å². The van der Waals surface area contributed by atoms with Crippen molar-refractivity contribution >= 4 is 23.4 Å². The van der Waals surface area contributed by atoms with Gasteiger partial charge in [0.25, 0.3) is 0 Å². The van der Waals surface area contributed by atoms with Crippen LogP contribution in [0.2, 0.25) is 5.02 Å². The minimum atomic E-state index is -0.514. The summed E-state index contributed by atoms with van der Waals surface area (Å²) in [7, 11) is 0. The van der Waals surface area contributed by atoms with Gasteiger partial charge in [0.05, 0.1) is 18.7 Å². The van der Waals surface area contributed by atoms with Crippen molar-refractivity contribution < 1.29 is 9.53 Å². The number of amidine groups is 1. The highest BCUT2D eigenvalue weighted by molar-refractivity contribution is 6.31. The average Bonchev–Trinajstić information content (AvgIpc) is 2.38. The number of hydrazone groups is 1. The molecule has 0 spiro atoms. The molecule has 4 N–H and O–H groups in total. The number of ether oxygens (including phenoxy) is 1. The fraction of sp³-hybridized carbons (Fsp3) is 0.231. The molecule has 0 aliphatic carbocycles. The molecule has 1 aromatic carbocycles. The molecule has 0 atom stereocenters. The van der Waals surface area contributed by atoms with Gasteiger partial charge >= 0.3 is 5.97 Å². The third kappa shape index (κ3) is 4.91. The Bertz CT molecular complexity index is 531. The minimum absolute atomic E-state index is 0.0140. The Kier molecular flexibility index (Phi) is 6.02. The number of rotatable bonds is 6. The lowest BCUT2D eigenvalue weighted by Gasteiger charge is -2.14. The van der Waals surface area contributed by atoms with E-state index in [0.29, 0.717) is 10.6 Å². The van der Waals surface area contributed by atoms with Crippen molar-refractivity contribution in [2.24, 2.45) is 16.7 Å². The lowest BCUT2D eigenvalue weighted by Crippen LogP contribution is -2.32. The van der Waals surface area contributed by atoms with E-state index < -0.39 is 5.97 Å². The van der Waals surface area contributed by atoms with Crippen molar-refractivity contribution in [2.75, 3.05) is 13.2 Å². The van der Waals surface area contributed by atoms with Crippen LogP contribution in [0.25, 0.3) is 0 Å². The quantitative estimate of drug-likeness (QED) is 0.206. The maximum Gasteiger partial charge on any atom is 0.335 e. The smallest absolute Gasteiger partial charge is 0.335 e. The van der Waals surface area contributed by atoms with Crippen LogP contribution in [-0.2, 0) is 9.53 Å². The first-order valence-electron chi connectivity index (χ1n) is 5.91. The summed E-state index contributed by atoms with van der Waals surface area (Å²) in [5.74, 6) is 5.32. The molecule has 7 heteroatoms. The average molecular weight is 297 g/mol. The number of nitrogens with zero attached hydrogens (tertiary/aromatic N) is 2. The molecule has 1 aromatic rings. The number of hydrogen-bond donors (Lipinski definition) is 2. The summed E-state index contributed by atoms with van der Waals surface area (Å²) >= 11 is 5.86. The molecule has 0 aromatic heterocycles. The number of benzene rings is 1. The molecule has 0 heterocycles. The number of hydrazine groups is 1. The highest BCUT2D eigenvalue weighted by atomic mass is 35.5. The number of nitrogens with two attached hydrogens (primary N) is 2. The second kappa shape index (κ2) is 7.52. The van der Waals surface area contributed by atoms with E-state index in [1.54, 1.807) is 31.2 Å². The molecule has 0 fully saturated rings. The highest BCUT2D eigenvalue weighted by Gasteiger charge is 2.10. The lowest BCUT2D eigenvalue weighted by atomic mass is 10.2. The van der Waals surface area contributed by atoms with E-state index in [1.165, 1.54) is 0 Å². The third-order valence-electron chi connectivity index (χ3n) is 2.27. The van der Waals surface area contributed by atoms with Gasteiger partial charge in [-0.3, -0.25) is 0 Å². The van der Waals surface area contributed by atoms with Crippen LogP contribution < -0.4 is 11.6 Å². The standard InChI is InChI=1S/C13H17ClN4O2/c1-3-20-13(19)9(2)8-18(16)17-12(15)10-5-4-6-11(14)7-10/h4-7H,2-3,8,16H2,1H3,(H2,15,17). The summed E-state index contributed by atoms with van der Waals surface area (Å²) in [6, 6.07) is 6.88. The van der Waals surface area contributed by atoms with Crippen LogP contribution >= 0.6 is 11.6 Å². The van der Waals surface area contributed by atoms with Gasteiger partial charge in [0.1, 0.15) is 0 Å². The summed E-state index contributed by atoms with van der Waals surface area (Å²) < 4.78 is 4.79. The van der Waals surface area contributed by atoms with Gasteiger partial charge in [0, 0.05) is 10.6 Å². The Morgan fingerprint density at radius 3 is 2.85 bits per heavy atom. The summed E-state index contributed by atoms with van der Waals surface area (Å²) in [6.07, 6.45) is 0. The topological polar surface area (TPSA) is 93.9 Å². The molecule has 0 bridgehead atoms. The zero-order valence-corrected chi connectivity index (χ0v) is 11.9. The predicted octanol–water partition coefficient (Wildman–Crippen LogP) is 1.26. The van der Waals surface area contributed by atoms with Gasteiger partial charge in [-0.05, 0) is 19.1 Å². The molecule has 0 aliphatic rings. The lowest BCUT2D eigenvalue weighted by molar-refractivity contribution is -0.138. The molecule has 0 radical (unpaired) electrons. The zero-order valence-electron chi connectivity index (χ0n) is 11.2. The van der Waals surface area contributed by atoms with Gasteiger partial charge in [0.2, 0.25) is 0 Å². The number of halogens is 1. The number of esters is 1. The van der Waals surface area contributed by atoms with Crippen molar-refractivity contribution in [3.05, 3.63) is 47.0 Å². The Hall–Kier alpha value is -2.05. The molecule has 0 amide bonds. The first-order valence-corrected chi connectivity index (χ1v) is 6.29. The van der Waals surface area contributed by atoms with E-state index in [2.05, 4.69) is 11.7 Å². The first kappa shape index (κ1) is 16.0. The molecule has 0 saturated heterocycles. The maximum atomic E-state index is 11.4. The molecule has 108 valence electrons. The van der Waals surface area contributed by atoms with Crippen molar-refractivity contribution in [1.82, 2.24) is 5.12 Å². The summed E-state index contributed by atoms with van der Waals surface area (Å²) in [6.45, 7) is 5.58. The molecule has 0 unspecified atom stereocenters. The van der Waals surface area contributed by atoms with E-state index >= 15 is 0 Å². The fourth-order valence-corrected chi connectivity index (χ4v) is 1.56. The summed E-state index contributed by atoms with van der Waals surface area (Å²) in [4.78, 5) is 11.4. The summed E-state index contributed by atoms with van der Waals surface area (Å²) in [5.41, 5.74) is 6.62. The van der Waals surface area contributed by atoms with Gasteiger partial charge in [0.15, 0.2) is 5.84 Å². The molecule has 0 aliphatic heterocycles. The number of carbonyl (C=O) groups is 1. The SMILES string of the molecule is C=C(CN(N)/N=C(\N)c1cccc(Cl)c1)C(=O)OCC. The van der Waals surface area contributed by atoms with E-state index in [0.717, 1.165) is 5.12 Å². The van der Waals surface area contributed by atoms with E-state index in [9.17, 15) is 4.79 Å². The summed E-state index contributed by atoms with van der Waals surface area (Å²) in [5, 5.41) is 5.51. The normalized spacial score (nSPS) is 11.1.